The third-order valence-corrected chi connectivity index (χ3v) is 2.62. The van der Waals surface area contributed by atoms with Crippen molar-refractivity contribution in [2.75, 3.05) is 13.2 Å². The van der Waals surface area contributed by atoms with Gasteiger partial charge in [-0.3, -0.25) is 0 Å². The summed E-state index contributed by atoms with van der Waals surface area (Å²) in [7, 11) is 0. The first-order valence-electron chi connectivity index (χ1n) is 5.24. The molecule has 0 aromatic heterocycles. The maximum Gasteiger partial charge on any atom is 0.0677 e. The normalized spacial score (nSPS) is 23.8. The molecule has 0 amide bonds. The van der Waals surface area contributed by atoms with Crippen LogP contribution in [0, 0.1) is 0 Å². The van der Waals surface area contributed by atoms with Crippen LogP contribution in [0.15, 0.2) is 11.6 Å². The van der Waals surface area contributed by atoms with E-state index in [1.807, 2.05) is 0 Å². The molecule has 0 aromatic rings. The molecule has 1 atom stereocenters. The van der Waals surface area contributed by atoms with E-state index in [9.17, 15) is 0 Å². The summed E-state index contributed by atoms with van der Waals surface area (Å²) >= 11 is 6.10. The quantitative estimate of drug-likeness (QED) is 0.385. The van der Waals surface area contributed by atoms with Gasteiger partial charge in [-0.2, -0.15) is 0 Å². The zero-order valence-corrected chi connectivity index (χ0v) is 9.15. The fourth-order valence-electron chi connectivity index (χ4n) is 1.58. The minimum atomic E-state index is 0.239. The van der Waals surface area contributed by atoms with Gasteiger partial charge in [0.2, 0.25) is 0 Å². The number of hydrogen-bond donors (Lipinski definition) is 0. The Hall–Kier alpha value is -0.0100. The number of alkyl halides is 1. The van der Waals surface area contributed by atoms with Crippen molar-refractivity contribution >= 4 is 11.6 Å². The standard InChI is InChI=1S/C11H19ClO/c1-2-7-13-9-10-5-3-4-6-11(12)8-10/h8,11H,2-7,9H2,1H3. The second-order valence-corrected chi connectivity index (χ2v) is 4.20. The third kappa shape index (κ3) is 4.68. The van der Waals surface area contributed by atoms with Crippen LogP contribution in [0.2, 0.25) is 0 Å². The zero-order valence-electron chi connectivity index (χ0n) is 8.39. The number of ether oxygens (including phenoxy) is 1. The van der Waals surface area contributed by atoms with Crippen LogP contribution in [0.1, 0.15) is 39.0 Å². The molecule has 0 aromatic carbocycles. The molecule has 1 nitrogen and oxygen atoms in total. The monoisotopic (exact) mass is 202 g/mol. The predicted molar refractivity (Wildman–Crippen MR) is 57.3 cm³/mol. The van der Waals surface area contributed by atoms with Gasteiger partial charge in [0.1, 0.15) is 0 Å². The Morgan fingerprint density at radius 3 is 3.15 bits per heavy atom. The van der Waals surface area contributed by atoms with Gasteiger partial charge in [-0.25, -0.2) is 0 Å². The van der Waals surface area contributed by atoms with E-state index in [0.29, 0.717) is 0 Å². The SMILES string of the molecule is CCCOCC1=CC(Cl)CCCC1. The Morgan fingerprint density at radius 2 is 2.38 bits per heavy atom. The number of halogens is 1. The van der Waals surface area contributed by atoms with Gasteiger partial charge >= 0.3 is 0 Å². The maximum atomic E-state index is 6.10. The largest absolute Gasteiger partial charge is 0.377 e. The Balaban J connectivity index is 2.28. The average molecular weight is 203 g/mol. The van der Waals surface area contributed by atoms with Crippen LogP contribution >= 0.6 is 11.6 Å². The van der Waals surface area contributed by atoms with Gasteiger partial charge in [0, 0.05) is 6.61 Å². The highest BCUT2D eigenvalue weighted by atomic mass is 35.5. The lowest BCUT2D eigenvalue weighted by Gasteiger charge is -2.06. The molecule has 0 saturated heterocycles. The molecule has 0 spiro atoms. The van der Waals surface area contributed by atoms with Crippen LogP contribution < -0.4 is 0 Å². The van der Waals surface area contributed by atoms with Crippen molar-refractivity contribution in [3.8, 4) is 0 Å². The molecule has 2 heteroatoms. The van der Waals surface area contributed by atoms with Crippen molar-refractivity contribution in [2.24, 2.45) is 0 Å². The van der Waals surface area contributed by atoms with Crippen molar-refractivity contribution in [1.82, 2.24) is 0 Å². The summed E-state index contributed by atoms with van der Waals surface area (Å²) in [4.78, 5) is 0. The van der Waals surface area contributed by atoms with E-state index in [4.69, 9.17) is 16.3 Å². The van der Waals surface area contributed by atoms with Crippen molar-refractivity contribution in [2.45, 2.75) is 44.4 Å². The van der Waals surface area contributed by atoms with E-state index in [0.717, 1.165) is 26.1 Å². The minimum absolute atomic E-state index is 0.239. The van der Waals surface area contributed by atoms with Gasteiger partial charge in [-0.1, -0.05) is 19.4 Å². The number of rotatable bonds is 4. The molecule has 76 valence electrons. The molecule has 0 fully saturated rings. The Morgan fingerprint density at radius 1 is 1.54 bits per heavy atom. The highest BCUT2D eigenvalue weighted by Gasteiger charge is 2.09. The van der Waals surface area contributed by atoms with E-state index in [1.165, 1.54) is 24.8 Å². The maximum absolute atomic E-state index is 6.10. The van der Waals surface area contributed by atoms with E-state index in [1.54, 1.807) is 0 Å². The summed E-state index contributed by atoms with van der Waals surface area (Å²) in [5.41, 5.74) is 1.39. The zero-order chi connectivity index (χ0) is 9.52. The fraction of sp³-hybridized carbons (Fsp3) is 0.818. The van der Waals surface area contributed by atoms with Gasteiger partial charge in [0.25, 0.3) is 0 Å². The summed E-state index contributed by atoms with van der Waals surface area (Å²) in [6, 6.07) is 0. The topological polar surface area (TPSA) is 9.23 Å². The molecular weight excluding hydrogens is 184 g/mol. The van der Waals surface area contributed by atoms with Crippen molar-refractivity contribution in [3.05, 3.63) is 11.6 Å². The van der Waals surface area contributed by atoms with Crippen molar-refractivity contribution in [1.29, 1.82) is 0 Å². The molecular formula is C11H19ClO. The fourth-order valence-corrected chi connectivity index (χ4v) is 1.91. The first kappa shape index (κ1) is 11.1. The van der Waals surface area contributed by atoms with E-state index in [2.05, 4.69) is 13.0 Å². The lowest BCUT2D eigenvalue weighted by molar-refractivity contribution is 0.154. The summed E-state index contributed by atoms with van der Waals surface area (Å²) in [5.74, 6) is 0. The van der Waals surface area contributed by atoms with Gasteiger partial charge in [-0.15, -0.1) is 11.6 Å². The summed E-state index contributed by atoms with van der Waals surface area (Å²) in [6.45, 7) is 3.78. The Kier molecular flexibility index (Phi) is 5.49. The molecule has 0 saturated carbocycles. The van der Waals surface area contributed by atoms with Crippen LogP contribution in [0.25, 0.3) is 0 Å². The number of allylic oxidation sites excluding steroid dienone is 1. The van der Waals surface area contributed by atoms with Gasteiger partial charge in [0.05, 0.1) is 12.0 Å². The van der Waals surface area contributed by atoms with E-state index >= 15 is 0 Å². The number of hydrogen-bond acceptors (Lipinski definition) is 1. The first-order valence-corrected chi connectivity index (χ1v) is 5.68. The molecule has 0 radical (unpaired) electrons. The molecule has 1 rings (SSSR count). The third-order valence-electron chi connectivity index (χ3n) is 2.28. The molecule has 0 aliphatic heterocycles. The highest BCUT2D eigenvalue weighted by Crippen LogP contribution is 2.21. The summed E-state index contributed by atoms with van der Waals surface area (Å²) < 4.78 is 5.50. The summed E-state index contributed by atoms with van der Waals surface area (Å²) in [5, 5.41) is 0.239. The van der Waals surface area contributed by atoms with Crippen LogP contribution in [0.3, 0.4) is 0 Å². The highest BCUT2D eigenvalue weighted by molar-refractivity contribution is 6.21. The second-order valence-electron chi connectivity index (χ2n) is 3.64. The molecule has 0 heterocycles. The Bertz CT molecular complexity index is 165. The minimum Gasteiger partial charge on any atom is -0.377 e. The molecule has 1 unspecified atom stereocenters. The Labute approximate surface area is 86.1 Å². The average Bonchev–Trinajstić information content (AvgIpc) is 2.31. The molecule has 0 bridgehead atoms. The summed E-state index contributed by atoms with van der Waals surface area (Å²) in [6.07, 6.45) is 8.10. The van der Waals surface area contributed by atoms with Crippen LogP contribution in [-0.2, 0) is 4.74 Å². The predicted octanol–water partition coefficient (Wildman–Crippen LogP) is 3.52. The van der Waals surface area contributed by atoms with Crippen molar-refractivity contribution in [3.63, 3.8) is 0 Å². The lowest BCUT2D eigenvalue weighted by atomic mass is 10.1. The lowest BCUT2D eigenvalue weighted by Crippen LogP contribution is -2.00. The first-order chi connectivity index (χ1) is 6.33. The van der Waals surface area contributed by atoms with E-state index < -0.39 is 0 Å². The van der Waals surface area contributed by atoms with Crippen LogP contribution in [0.4, 0.5) is 0 Å². The molecule has 1 aliphatic rings. The van der Waals surface area contributed by atoms with Gasteiger partial charge in [-0.05, 0) is 31.3 Å². The molecule has 13 heavy (non-hydrogen) atoms. The molecule has 1 aliphatic carbocycles. The molecule has 0 N–H and O–H groups in total. The second kappa shape index (κ2) is 6.44. The van der Waals surface area contributed by atoms with Crippen LogP contribution in [-0.4, -0.2) is 18.6 Å². The van der Waals surface area contributed by atoms with Gasteiger partial charge in [0.15, 0.2) is 0 Å². The van der Waals surface area contributed by atoms with Gasteiger partial charge < -0.3 is 4.74 Å². The van der Waals surface area contributed by atoms with Crippen LogP contribution in [0.5, 0.6) is 0 Å². The smallest absolute Gasteiger partial charge is 0.0677 e. The van der Waals surface area contributed by atoms with E-state index in [-0.39, 0.29) is 5.38 Å². The van der Waals surface area contributed by atoms with Crippen molar-refractivity contribution < 1.29 is 4.74 Å².